The van der Waals surface area contributed by atoms with Crippen molar-refractivity contribution in [2.45, 2.75) is 70.9 Å². The zero-order valence-electron chi connectivity index (χ0n) is 13.2. The van der Waals surface area contributed by atoms with E-state index in [0.717, 1.165) is 51.5 Å². The minimum atomic E-state index is -0.650. The normalized spacial score (nSPS) is 21.3. The van der Waals surface area contributed by atoms with Crippen molar-refractivity contribution in [3.8, 4) is 0 Å². The fourth-order valence-electron chi connectivity index (χ4n) is 3.22. The van der Waals surface area contributed by atoms with Crippen LogP contribution in [0.5, 0.6) is 0 Å². The monoisotopic (exact) mass is 309 g/mol. The van der Waals surface area contributed by atoms with E-state index in [1.54, 1.807) is 0 Å². The van der Waals surface area contributed by atoms with Gasteiger partial charge in [-0.3, -0.25) is 9.69 Å². The van der Waals surface area contributed by atoms with Gasteiger partial charge in [-0.2, -0.15) is 0 Å². The molecule has 118 valence electrons. The highest BCUT2D eigenvalue weighted by Gasteiger charge is 2.34. The van der Waals surface area contributed by atoms with E-state index in [1.165, 1.54) is 9.75 Å². The molecule has 2 rings (SSSR count). The summed E-state index contributed by atoms with van der Waals surface area (Å²) in [5, 5.41) is 9.54. The van der Waals surface area contributed by atoms with E-state index >= 15 is 0 Å². The van der Waals surface area contributed by atoms with Crippen LogP contribution in [0.4, 0.5) is 0 Å². The highest BCUT2D eigenvalue weighted by atomic mass is 32.1. The summed E-state index contributed by atoms with van der Waals surface area (Å²) in [6.45, 7) is 5.30. The maximum atomic E-state index is 11.6. The molecule has 0 radical (unpaired) electrons. The van der Waals surface area contributed by atoms with Gasteiger partial charge in [-0.1, -0.05) is 33.1 Å². The van der Waals surface area contributed by atoms with E-state index in [-0.39, 0.29) is 12.1 Å². The average Bonchev–Trinajstić information content (AvgIpc) is 2.97. The van der Waals surface area contributed by atoms with E-state index in [1.807, 2.05) is 11.3 Å². The topological polar surface area (TPSA) is 40.5 Å². The van der Waals surface area contributed by atoms with Crippen molar-refractivity contribution in [1.82, 2.24) is 4.90 Å². The molecule has 2 atom stereocenters. The van der Waals surface area contributed by atoms with Gasteiger partial charge in [-0.15, -0.1) is 11.3 Å². The fraction of sp³-hybridized carbons (Fsp3) is 0.706. The first-order valence-corrected chi connectivity index (χ1v) is 9.06. The quantitative estimate of drug-likeness (QED) is 0.807. The van der Waals surface area contributed by atoms with Crippen molar-refractivity contribution in [2.75, 3.05) is 6.54 Å². The number of carboxylic acids is 1. The van der Waals surface area contributed by atoms with Crippen LogP contribution in [-0.2, 0) is 11.2 Å². The maximum Gasteiger partial charge on any atom is 0.320 e. The first-order valence-electron chi connectivity index (χ1n) is 8.24. The van der Waals surface area contributed by atoms with Gasteiger partial charge in [0.2, 0.25) is 0 Å². The third kappa shape index (κ3) is 4.07. The lowest BCUT2D eigenvalue weighted by Crippen LogP contribution is -2.46. The fourth-order valence-corrected chi connectivity index (χ4v) is 4.33. The van der Waals surface area contributed by atoms with Crippen LogP contribution in [0.1, 0.15) is 68.2 Å². The van der Waals surface area contributed by atoms with Gasteiger partial charge in [-0.05, 0) is 44.4 Å². The molecule has 21 heavy (non-hydrogen) atoms. The van der Waals surface area contributed by atoms with Crippen molar-refractivity contribution in [3.05, 3.63) is 21.9 Å². The van der Waals surface area contributed by atoms with Gasteiger partial charge in [-0.25, -0.2) is 0 Å². The molecule has 1 aromatic rings. The Morgan fingerprint density at radius 3 is 2.86 bits per heavy atom. The van der Waals surface area contributed by atoms with Gasteiger partial charge in [0.25, 0.3) is 0 Å². The maximum absolute atomic E-state index is 11.6. The van der Waals surface area contributed by atoms with E-state index in [0.29, 0.717) is 0 Å². The molecule has 0 aromatic carbocycles. The molecular weight excluding hydrogens is 282 g/mol. The summed E-state index contributed by atoms with van der Waals surface area (Å²) in [6, 6.07) is 4.42. The highest BCUT2D eigenvalue weighted by molar-refractivity contribution is 7.12. The second kappa shape index (κ2) is 7.95. The summed E-state index contributed by atoms with van der Waals surface area (Å²) < 4.78 is 0. The van der Waals surface area contributed by atoms with Crippen LogP contribution in [0.2, 0.25) is 0 Å². The van der Waals surface area contributed by atoms with E-state index < -0.39 is 5.97 Å². The summed E-state index contributed by atoms with van der Waals surface area (Å²) in [5.41, 5.74) is 0. The van der Waals surface area contributed by atoms with Crippen molar-refractivity contribution >= 4 is 17.3 Å². The third-order valence-corrected chi connectivity index (χ3v) is 5.75. The number of likely N-dealkylation sites (tertiary alicyclic amines) is 1. The molecule has 0 amide bonds. The minimum absolute atomic E-state index is 0.289. The van der Waals surface area contributed by atoms with Crippen LogP contribution >= 0.6 is 11.3 Å². The van der Waals surface area contributed by atoms with Crippen LogP contribution in [0.3, 0.4) is 0 Å². The Bertz CT molecular complexity index is 457. The highest BCUT2D eigenvalue weighted by Crippen LogP contribution is 2.36. The SMILES string of the molecule is CCCCC(c1ccc(CC)s1)N1CCCCC1C(=O)O. The van der Waals surface area contributed by atoms with E-state index in [9.17, 15) is 9.90 Å². The Kier molecular flexibility index (Phi) is 6.24. The van der Waals surface area contributed by atoms with Crippen LogP contribution in [0, 0.1) is 0 Å². The smallest absolute Gasteiger partial charge is 0.320 e. The molecule has 0 spiro atoms. The van der Waals surface area contributed by atoms with Gasteiger partial charge >= 0.3 is 5.97 Å². The molecule has 4 heteroatoms. The molecule has 1 fully saturated rings. The number of hydrogen-bond donors (Lipinski definition) is 1. The first-order chi connectivity index (χ1) is 10.2. The van der Waals surface area contributed by atoms with Crippen molar-refractivity contribution < 1.29 is 9.90 Å². The second-order valence-corrected chi connectivity index (χ2v) is 7.10. The molecule has 1 aliphatic rings. The first kappa shape index (κ1) is 16.5. The Balaban J connectivity index is 2.22. The Morgan fingerprint density at radius 2 is 2.24 bits per heavy atom. The summed E-state index contributed by atoms with van der Waals surface area (Å²) >= 11 is 1.86. The Morgan fingerprint density at radius 1 is 1.43 bits per heavy atom. The number of aryl methyl sites for hydroxylation is 1. The van der Waals surface area contributed by atoms with Crippen LogP contribution in [0.25, 0.3) is 0 Å². The molecule has 0 saturated carbocycles. The zero-order chi connectivity index (χ0) is 15.2. The molecule has 1 N–H and O–H groups in total. The van der Waals surface area contributed by atoms with Gasteiger partial charge in [0, 0.05) is 15.8 Å². The number of carbonyl (C=O) groups is 1. The molecule has 1 aromatic heterocycles. The molecule has 2 unspecified atom stereocenters. The minimum Gasteiger partial charge on any atom is -0.480 e. The number of carboxylic acid groups (broad SMARTS) is 1. The number of piperidine rings is 1. The number of thiophene rings is 1. The largest absolute Gasteiger partial charge is 0.480 e. The summed E-state index contributed by atoms with van der Waals surface area (Å²) in [7, 11) is 0. The molecule has 0 bridgehead atoms. The third-order valence-electron chi connectivity index (χ3n) is 4.42. The van der Waals surface area contributed by atoms with Crippen molar-refractivity contribution in [2.24, 2.45) is 0 Å². The number of rotatable bonds is 7. The predicted octanol–water partition coefficient (Wildman–Crippen LogP) is 4.48. The molecule has 1 saturated heterocycles. The lowest BCUT2D eigenvalue weighted by molar-refractivity contribution is -0.146. The van der Waals surface area contributed by atoms with Crippen molar-refractivity contribution in [1.29, 1.82) is 0 Å². The van der Waals surface area contributed by atoms with Crippen LogP contribution in [-0.4, -0.2) is 28.6 Å². The Labute approximate surface area is 132 Å². The average molecular weight is 309 g/mol. The standard InChI is InChI=1S/C17H27NO2S/c1-3-5-8-14(16-11-10-13(4-2)21-16)18-12-7-6-9-15(18)17(19)20/h10-11,14-15H,3-9,12H2,1-2H3,(H,19,20). The van der Waals surface area contributed by atoms with Crippen molar-refractivity contribution in [3.63, 3.8) is 0 Å². The number of hydrogen-bond acceptors (Lipinski definition) is 3. The number of aliphatic carboxylic acids is 1. The number of nitrogens with zero attached hydrogens (tertiary/aromatic N) is 1. The van der Waals surface area contributed by atoms with Crippen LogP contribution in [0.15, 0.2) is 12.1 Å². The van der Waals surface area contributed by atoms with E-state index in [4.69, 9.17) is 0 Å². The van der Waals surface area contributed by atoms with Crippen LogP contribution < -0.4 is 0 Å². The lowest BCUT2D eigenvalue weighted by atomic mass is 9.96. The summed E-state index contributed by atoms with van der Waals surface area (Å²) in [4.78, 5) is 16.6. The second-order valence-electron chi connectivity index (χ2n) is 5.90. The Hall–Kier alpha value is -0.870. The molecule has 0 aliphatic carbocycles. The molecular formula is C17H27NO2S. The summed E-state index contributed by atoms with van der Waals surface area (Å²) in [6.07, 6.45) is 7.42. The predicted molar refractivity (Wildman–Crippen MR) is 87.9 cm³/mol. The van der Waals surface area contributed by atoms with Gasteiger partial charge in [0.1, 0.15) is 6.04 Å². The molecule has 2 heterocycles. The molecule has 1 aliphatic heterocycles. The summed E-state index contributed by atoms with van der Waals surface area (Å²) in [5.74, 6) is -0.650. The lowest BCUT2D eigenvalue weighted by Gasteiger charge is -2.39. The van der Waals surface area contributed by atoms with E-state index in [2.05, 4.69) is 30.9 Å². The molecule has 3 nitrogen and oxygen atoms in total. The zero-order valence-corrected chi connectivity index (χ0v) is 14.0. The van der Waals surface area contributed by atoms with Gasteiger partial charge < -0.3 is 5.11 Å². The number of unbranched alkanes of at least 4 members (excludes halogenated alkanes) is 1. The van der Waals surface area contributed by atoms with Gasteiger partial charge in [0.15, 0.2) is 0 Å². The van der Waals surface area contributed by atoms with Gasteiger partial charge in [0.05, 0.1) is 0 Å².